The average molecular weight is 429 g/mol. The summed E-state index contributed by atoms with van der Waals surface area (Å²) in [4.78, 5) is 16.0. The van der Waals surface area contributed by atoms with Crippen LogP contribution in [0.2, 0.25) is 0 Å². The van der Waals surface area contributed by atoms with Crippen LogP contribution in [0, 0.1) is 0 Å². The van der Waals surface area contributed by atoms with Crippen LogP contribution in [-0.2, 0) is 34.2 Å². The molecule has 0 radical (unpaired) electrons. The van der Waals surface area contributed by atoms with Gasteiger partial charge in [0.25, 0.3) is 5.91 Å². The summed E-state index contributed by atoms with van der Waals surface area (Å²) in [6.45, 7) is 2.79. The topological polar surface area (TPSA) is 62.1 Å². The van der Waals surface area contributed by atoms with Crippen molar-refractivity contribution in [3.05, 3.63) is 65.2 Å². The van der Waals surface area contributed by atoms with Gasteiger partial charge in [-0.2, -0.15) is 4.31 Å². The summed E-state index contributed by atoms with van der Waals surface area (Å²) in [7, 11) is -1.49. The van der Waals surface area contributed by atoms with Crippen LogP contribution in [0.3, 0.4) is 0 Å². The van der Waals surface area contributed by atoms with Crippen molar-refractivity contribution in [1.82, 2.24) is 9.21 Å². The van der Waals surface area contributed by atoms with Gasteiger partial charge in [-0.15, -0.1) is 0 Å². The molecular weight excluding hydrogens is 398 g/mol. The van der Waals surface area contributed by atoms with E-state index in [0.717, 1.165) is 36.3 Å². The third kappa shape index (κ3) is 4.58. The minimum Gasteiger partial charge on any atom is -0.335 e. The van der Waals surface area contributed by atoms with Crippen molar-refractivity contribution in [3.8, 4) is 0 Å². The van der Waals surface area contributed by atoms with Gasteiger partial charge < -0.3 is 9.80 Å². The normalized spacial score (nSPS) is 18.2. The molecule has 4 rings (SSSR count). The Morgan fingerprint density at radius 1 is 0.967 bits per heavy atom. The molecule has 1 amide bonds. The molecule has 1 heterocycles. The van der Waals surface area contributed by atoms with Gasteiger partial charge in [-0.3, -0.25) is 4.79 Å². The van der Waals surface area contributed by atoms with Crippen LogP contribution in [-0.4, -0.2) is 63.3 Å². The van der Waals surface area contributed by atoms with Gasteiger partial charge in [-0.05, 0) is 42.5 Å². The molecule has 30 heavy (non-hydrogen) atoms. The molecule has 2 aliphatic rings. The Labute approximate surface area is 179 Å². The minimum atomic E-state index is -3.51. The number of rotatable bonds is 6. The molecule has 1 fully saturated rings. The third-order valence-electron chi connectivity index (χ3n) is 6.10. The summed E-state index contributed by atoms with van der Waals surface area (Å²) in [5.41, 5.74) is 3.63. The Kier molecular flexibility index (Phi) is 6.22. The maximum atomic E-state index is 13.1. The molecule has 1 aliphatic carbocycles. The predicted molar refractivity (Wildman–Crippen MR) is 116 cm³/mol. The van der Waals surface area contributed by atoms with Gasteiger partial charge in [-0.25, -0.2) is 8.42 Å². The Balaban J connectivity index is 1.32. The van der Waals surface area contributed by atoms with Crippen LogP contribution in [0.15, 0.2) is 53.4 Å². The fourth-order valence-corrected chi connectivity index (χ4v) is 5.89. The van der Waals surface area contributed by atoms with Gasteiger partial charge >= 0.3 is 0 Å². The first-order valence-electron chi connectivity index (χ1n) is 10.7. The zero-order valence-electron chi connectivity index (χ0n) is 17.5. The predicted octanol–water partition coefficient (Wildman–Crippen LogP) is 0.723. The first kappa shape index (κ1) is 21.0. The number of quaternary nitrogens is 1. The molecule has 1 unspecified atom stereocenters. The number of amides is 1. The number of benzene rings is 2. The molecule has 0 saturated carbocycles. The highest BCUT2D eigenvalue weighted by atomic mass is 32.2. The molecule has 2 aromatic carbocycles. The lowest BCUT2D eigenvalue weighted by atomic mass is 10.1. The van der Waals surface area contributed by atoms with Crippen LogP contribution >= 0.6 is 0 Å². The van der Waals surface area contributed by atoms with Crippen LogP contribution in [0.4, 0.5) is 0 Å². The van der Waals surface area contributed by atoms with E-state index in [9.17, 15) is 13.2 Å². The number of nitrogens with zero attached hydrogens (tertiary/aromatic N) is 2. The minimum absolute atomic E-state index is 0.0815. The number of carbonyl (C=O) groups is 1. The van der Waals surface area contributed by atoms with Crippen molar-refractivity contribution in [2.24, 2.45) is 0 Å². The molecule has 160 valence electrons. The van der Waals surface area contributed by atoms with Crippen molar-refractivity contribution < 1.29 is 18.1 Å². The lowest BCUT2D eigenvalue weighted by Crippen LogP contribution is -3.09. The number of sulfonamides is 1. The molecule has 7 heteroatoms. The highest BCUT2D eigenvalue weighted by molar-refractivity contribution is 7.89. The van der Waals surface area contributed by atoms with Crippen molar-refractivity contribution in [2.45, 2.75) is 30.7 Å². The Hall–Kier alpha value is -2.22. The lowest BCUT2D eigenvalue weighted by Gasteiger charge is -2.34. The molecule has 2 aromatic rings. The monoisotopic (exact) mass is 428 g/mol. The van der Waals surface area contributed by atoms with Gasteiger partial charge in [0.1, 0.15) is 6.54 Å². The zero-order valence-corrected chi connectivity index (χ0v) is 18.3. The van der Waals surface area contributed by atoms with E-state index in [2.05, 4.69) is 12.1 Å². The number of hydrogen-bond acceptors (Lipinski definition) is 3. The second-order valence-electron chi connectivity index (χ2n) is 8.37. The van der Waals surface area contributed by atoms with Gasteiger partial charge in [0, 0.05) is 31.7 Å². The summed E-state index contributed by atoms with van der Waals surface area (Å²) < 4.78 is 27.6. The van der Waals surface area contributed by atoms with E-state index >= 15 is 0 Å². The number of nitrogens with one attached hydrogen (secondary N) is 1. The van der Waals surface area contributed by atoms with Crippen LogP contribution < -0.4 is 4.90 Å². The van der Waals surface area contributed by atoms with Crippen LogP contribution in [0.5, 0.6) is 0 Å². The number of piperazine rings is 1. The summed E-state index contributed by atoms with van der Waals surface area (Å²) in [5.74, 6) is 0.0815. The van der Waals surface area contributed by atoms with Crippen LogP contribution in [0.1, 0.15) is 23.1 Å². The van der Waals surface area contributed by atoms with E-state index < -0.39 is 10.0 Å². The second kappa shape index (κ2) is 8.88. The summed E-state index contributed by atoms with van der Waals surface area (Å²) in [6, 6.07) is 15.7. The summed E-state index contributed by atoms with van der Waals surface area (Å²) in [5, 5.41) is 0. The van der Waals surface area contributed by atoms with E-state index in [1.54, 1.807) is 11.0 Å². The van der Waals surface area contributed by atoms with E-state index in [1.165, 1.54) is 15.4 Å². The first-order chi connectivity index (χ1) is 14.4. The van der Waals surface area contributed by atoms with E-state index in [1.807, 2.05) is 37.4 Å². The highest BCUT2D eigenvalue weighted by Crippen LogP contribution is 2.26. The largest absolute Gasteiger partial charge is 0.335 e. The molecule has 1 aliphatic heterocycles. The average Bonchev–Trinajstić information content (AvgIpc) is 3.22. The zero-order chi connectivity index (χ0) is 21.1. The quantitative estimate of drug-likeness (QED) is 0.738. The molecule has 1 saturated heterocycles. The SMILES string of the molecule is C[NH+](CC(=O)N1CCN(S(=O)(=O)c2ccc3c(c2)CCC3)CC1)Cc1ccccc1. The molecular formula is C23H30N3O3S+. The van der Waals surface area contributed by atoms with Crippen molar-refractivity contribution in [2.75, 3.05) is 39.8 Å². The number of aryl methyl sites for hydroxylation is 2. The standard InChI is InChI=1S/C23H29N3O3S/c1-24(17-19-6-3-2-4-7-19)18-23(27)25-12-14-26(15-13-25)30(28,29)22-11-10-20-8-5-9-21(20)16-22/h2-4,6-7,10-11,16H,5,8-9,12-15,17-18H2,1H3/p+1. The summed E-state index contributed by atoms with van der Waals surface area (Å²) >= 11 is 0. The Morgan fingerprint density at radius 3 is 2.40 bits per heavy atom. The van der Waals surface area contributed by atoms with Gasteiger partial charge in [0.2, 0.25) is 10.0 Å². The lowest BCUT2D eigenvalue weighted by molar-refractivity contribution is -0.885. The van der Waals surface area contributed by atoms with Crippen LogP contribution in [0.25, 0.3) is 0 Å². The Bertz CT molecular complexity index is 1000. The molecule has 6 nitrogen and oxygen atoms in total. The number of fused-ring (bicyclic) bond motifs is 1. The van der Waals surface area contributed by atoms with E-state index in [-0.39, 0.29) is 5.91 Å². The molecule has 0 aromatic heterocycles. The van der Waals surface area contributed by atoms with Gasteiger partial charge in [0.05, 0.1) is 11.9 Å². The van der Waals surface area contributed by atoms with E-state index in [0.29, 0.717) is 37.6 Å². The molecule has 0 spiro atoms. The maximum absolute atomic E-state index is 13.1. The number of likely N-dealkylation sites (N-methyl/N-ethyl adjacent to an activating group) is 1. The van der Waals surface area contributed by atoms with Gasteiger partial charge in [-0.1, -0.05) is 36.4 Å². The molecule has 1 N–H and O–H groups in total. The van der Waals surface area contributed by atoms with Crippen molar-refractivity contribution in [1.29, 1.82) is 0 Å². The fraction of sp³-hybridized carbons (Fsp3) is 0.435. The van der Waals surface area contributed by atoms with E-state index in [4.69, 9.17) is 0 Å². The highest BCUT2D eigenvalue weighted by Gasteiger charge is 2.31. The molecule has 1 atom stereocenters. The number of hydrogen-bond donors (Lipinski definition) is 1. The molecule has 0 bridgehead atoms. The summed E-state index contributed by atoms with van der Waals surface area (Å²) in [6.07, 6.45) is 3.09. The van der Waals surface area contributed by atoms with Crippen molar-refractivity contribution in [3.63, 3.8) is 0 Å². The number of carbonyl (C=O) groups excluding carboxylic acids is 1. The smallest absolute Gasteiger partial charge is 0.277 e. The maximum Gasteiger partial charge on any atom is 0.277 e. The first-order valence-corrected chi connectivity index (χ1v) is 12.1. The van der Waals surface area contributed by atoms with Gasteiger partial charge in [0.15, 0.2) is 6.54 Å². The third-order valence-corrected chi connectivity index (χ3v) is 8.00. The second-order valence-corrected chi connectivity index (χ2v) is 10.3. The van der Waals surface area contributed by atoms with Crippen molar-refractivity contribution >= 4 is 15.9 Å². The fourth-order valence-electron chi connectivity index (χ4n) is 4.41. The Morgan fingerprint density at radius 2 is 1.67 bits per heavy atom.